The first-order valence-corrected chi connectivity index (χ1v) is 9.31. The minimum atomic E-state index is 0.608. The SMILES string of the molecule is c1ccc2c(c1)CC(NCCCCOc1cccc3ccccc13)C2. The van der Waals surface area contributed by atoms with Crippen LogP contribution in [0.15, 0.2) is 66.7 Å². The second-order valence-electron chi connectivity index (χ2n) is 6.86. The van der Waals surface area contributed by atoms with Crippen molar-refractivity contribution >= 4 is 10.8 Å². The van der Waals surface area contributed by atoms with E-state index in [9.17, 15) is 0 Å². The average molecular weight is 331 g/mol. The Morgan fingerprint density at radius 3 is 2.36 bits per heavy atom. The Morgan fingerprint density at radius 2 is 1.52 bits per heavy atom. The molecule has 2 heteroatoms. The van der Waals surface area contributed by atoms with Gasteiger partial charge in [0.05, 0.1) is 6.61 Å². The van der Waals surface area contributed by atoms with Crippen LogP contribution in [0, 0.1) is 0 Å². The van der Waals surface area contributed by atoms with Gasteiger partial charge in [0.1, 0.15) is 5.75 Å². The summed E-state index contributed by atoms with van der Waals surface area (Å²) in [5, 5.41) is 6.14. The first kappa shape index (κ1) is 16.2. The highest BCUT2D eigenvalue weighted by molar-refractivity contribution is 5.88. The molecule has 0 spiro atoms. The first-order chi connectivity index (χ1) is 12.4. The van der Waals surface area contributed by atoms with Crippen molar-refractivity contribution in [2.75, 3.05) is 13.2 Å². The van der Waals surface area contributed by atoms with Gasteiger partial charge in [0.25, 0.3) is 0 Å². The van der Waals surface area contributed by atoms with E-state index in [2.05, 4.69) is 72.0 Å². The molecule has 4 rings (SSSR count). The highest BCUT2D eigenvalue weighted by atomic mass is 16.5. The highest BCUT2D eigenvalue weighted by Crippen LogP contribution is 2.25. The van der Waals surface area contributed by atoms with Crippen molar-refractivity contribution in [2.45, 2.75) is 31.7 Å². The molecule has 25 heavy (non-hydrogen) atoms. The molecule has 0 aliphatic heterocycles. The van der Waals surface area contributed by atoms with E-state index < -0.39 is 0 Å². The van der Waals surface area contributed by atoms with Gasteiger partial charge in [-0.1, -0.05) is 60.7 Å². The van der Waals surface area contributed by atoms with Gasteiger partial charge in [-0.15, -0.1) is 0 Å². The number of hydrogen-bond acceptors (Lipinski definition) is 2. The molecule has 0 radical (unpaired) electrons. The molecule has 0 bridgehead atoms. The van der Waals surface area contributed by atoms with Gasteiger partial charge in [-0.3, -0.25) is 0 Å². The van der Waals surface area contributed by atoms with Gasteiger partial charge < -0.3 is 10.1 Å². The fraction of sp³-hybridized carbons (Fsp3) is 0.304. The zero-order valence-electron chi connectivity index (χ0n) is 14.6. The summed E-state index contributed by atoms with van der Waals surface area (Å²) < 4.78 is 6.01. The van der Waals surface area contributed by atoms with E-state index in [4.69, 9.17) is 4.74 Å². The summed E-state index contributed by atoms with van der Waals surface area (Å²) in [5.74, 6) is 0.998. The van der Waals surface area contributed by atoms with E-state index in [1.165, 1.54) is 34.7 Å². The van der Waals surface area contributed by atoms with Gasteiger partial charge in [0.15, 0.2) is 0 Å². The fourth-order valence-corrected chi connectivity index (χ4v) is 3.74. The zero-order chi connectivity index (χ0) is 16.9. The van der Waals surface area contributed by atoms with E-state index >= 15 is 0 Å². The van der Waals surface area contributed by atoms with Crippen LogP contribution >= 0.6 is 0 Å². The summed E-state index contributed by atoms with van der Waals surface area (Å²) in [6.07, 6.45) is 4.57. The van der Waals surface area contributed by atoms with Gasteiger partial charge >= 0.3 is 0 Å². The number of rotatable bonds is 7. The van der Waals surface area contributed by atoms with Crippen molar-refractivity contribution in [3.63, 3.8) is 0 Å². The van der Waals surface area contributed by atoms with E-state index in [1.54, 1.807) is 0 Å². The largest absolute Gasteiger partial charge is 0.493 e. The monoisotopic (exact) mass is 331 g/mol. The van der Waals surface area contributed by atoms with Gasteiger partial charge in [-0.25, -0.2) is 0 Å². The standard InChI is InChI=1S/C23H25NO/c1-2-10-20-17-21(16-19(20)9-1)24-14-5-6-15-25-23-13-7-11-18-8-3-4-12-22(18)23/h1-4,7-13,21,24H,5-6,14-17H2. The molecular weight excluding hydrogens is 306 g/mol. The smallest absolute Gasteiger partial charge is 0.127 e. The predicted molar refractivity (Wildman–Crippen MR) is 104 cm³/mol. The third kappa shape index (κ3) is 3.85. The van der Waals surface area contributed by atoms with Crippen molar-refractivity contribution in [2.24, 2.45) is 0 Å². The van der Waals surface area contributed by atoms with Crippen LogP contribution < -0.4 is 10.1 Å². The molecule has 0 saturated heterocycles. The molecule has 1 N–H and O–H groups in total. The summed E-state index contributed by atoms with van der Waals surface area (Å²) in [6.45, 7) is 1.85. The third-order valence-corrected chi connectivity index (χ3v) is 5.06. The summed E-state index contributed by atoms with van der Waals surface area (Å²) in [5.41, 5.74) is 3.03. The molecule has 0 atom stereocenters. The number of nitrogens with one attached hydrogen (secondary N) is 1. The molecule has 3 aromatic rings. The maximum absolute atomic E-state index is 6.01. The van der Waals surface area contributed by atoms with Crippen LogP contribution in [-0.4, -0.2) is 19.2 Å². The lowest BCUT2D eigenvalue weighted by atomic mass is 10.1. The van der Waals surface area contributed by atoms with Crippen LogP contribution in [-0.2, 0) is 12.8 Å². The lowest BCUT2D eigenvalue weighted by molar-refractivity contribution is 0.308. The Bertz CT molecular complexity index is 812. The van der Waals surface area contributed by atoms with Gasteiger partial charge in [0.2, 0.25) is 0 Å². The van der Waals surface area contributed by atoms with Gasteiger partial charge in [-0.2, -0.15) is 0 Å². The fourth-order valence-electron chi connectivity index (χ4n) is 3.74. The van der Waals surface area contributed by atoms with E-state index in [0.717, 1.165) is 31.7 Å². The van der Waals surface area contributed by atoms with Crippen LogP contribution in [0.1, 0.15) is 24.0 Å². The molecule has 0 aromatic heterocycles. The van der Waals surface area contributed by atoms with Crippen LogP contribution in [0.2, 0.25) is 0 Å². The molecule has 0 amide bonds. The second-order valence-corrected chi connectivity index (χ2v) is 6.86. The predicted octanol–water partition coefficient (Wildman–Crippen LogP) is 4.76. The molecule has 0 heterocycles. The number of ether oxygens (including phenoxy) is 1. The van der Waals surface area contributed by atoms with Crippen molar-refractivity contribution in [1.29, 1.82) is 0 Å². The third-order valence-electron chi connectivity index (χ3n) is 5.06. The molecular formula is C23H25NO. The molecule has 0 fully saturated rings. The molecule has 128 valence electrons. The van der Waals surface area contributed by atoms with E-state index in [1.807, 2.05) is 0 Å². The molecule has 1 aliphatic rings. The Kier molecular flexibility index (Phi) is 4.98. The van der Waals surface area contributed by atoms with Gasteiger partial charge in [0, 0.05) is 11.4 Å². The topological polar surface area (TPSA) is 21.3 Å². The lowest BCUT2D eigenvalue weighted by Gasteiger charge is -2.12. The molecule has 0 saturated carbocycles. The maximum Gasteiger partial charge on any atom is 0.127 e. The number of unbranched alkanes of at least 4 members (excludes halogenated alkanes) is 1. The van der Waals surface area contributed by atoms with Crippen LogP contribution in [0.3, 0.4) is 0 Å². The normalized spacial score (nSPS) is 13.9. The molecule has 2 nitrogen and oxygen atoms in total. The Labute approximate surface area is 149 Å². The molecule has 3 aromatic carbocycles. The molecule has 0 unspecified atom stereocenters. The Balaban J connectivity index is 1.18. The van der Waals surface area contributed by atoms with Crippen molar-refractivity contribution in [3.8, 4) is 5.75 Å². The summed E-state index contributed by atoms with van der Waals surface area (Å²) in [6, 6.07) is 24.1. The number of benzene rings is 3. The Morgan fingerprint density at radius 1 is 0.800 bits per heavy atom. The Hall–Kier alpha value is -2.32. The highest BCUT2D eigenvalue weighted by Gasteiger charge is 2.19. The lowest BCUT2D eigenvalue weighted by Crippen LogP contribution is -2.30. The first-order valence-electron chi connectivity index (χ1n) is 9.31. The quantitative estimate of drug-likeness (QED) is 0.631. The average Bonchev–Trinajstić information content (AvgIpc) is 3.07. The van der Waals surface area contributed by atoms with E-state index in [0.29, 0.717) is 6.04 Å². The molecule has 1 aliphatic carbocycles. The van der Waals surface area contributed by atoms with Gasteiger partial charge in [-0.05, 0) is 54.8 Å². The van der Waals surface area contributed by atoms with Crippen LogP contribution in [0.5, 0.6) is 5.75 Å². The number of fused-ring (bicyclic) bond motifs is 2. The minimum Gasteiger partial charge on any atom is -0.493 e. The summed E-state index contributed by atoms with van der Waals surface area (Å²) in [7, 11) is 0. The summed E-state index contributed by atoms with van der Waals surface area (Å²) in [4.78, 5) is 0. The van der Waals surface area contributed by atoms with Crippen molar-refractivity contribution < 1.29 is 4.74 Å². The maximum atomic E-state index is 6.01. The number of hydrogen-bond donors (Lipinski definition) is 1. The zero-order valence-corrected chi connectivity index (χ0v) is 14.6. The minimum absolute atomic E-state index is 0.608. The van der Waals surface area contributed by atoms with Crippen molar-refractivity contribution in [3.05, 3.63) is 77.9 Å². The van der Waals surface area contributed by atoms with E-state index in [-0.39, 0.29) is 0 Å². The van der Waals surface area contributed by atoms with Crippen molar-refractivity contribution in [1.82, 2.24) is 5.32 Å². The van der Waals surface area contributed by atoms with Crippen LogP contribution in [0.4, 0.5) is 0 Å². The second kappa shape index (κ2) is 7.71. The van der Waals surface area contributed by atoms with Crippen LogP contribution in [0.25, 0.3) is 10.8 Å². The summed E-state index contributed by atoms with van der Waals surface area (Å²) >= 11 is 0.